The Hall–Kier alpha value is -1.47. The molecule has 0 bridgehead atoms. The van der Waals surface area contributed by atoms with Crippen LogP contribution >= 0.6 is 34.8 Å². The summed E-state index contributed by atoms with van der Waals surface area (Å²) in [6.45, 7) is 4.11. The van der Waals surface area contributed by atoms with Gasteiger partial charge < -0.3 is 10.6 Å². The van der Waals surface area contributed by atoms with Crippen LogP contribution in [0.25, 0.3) is 0 Å². The van der Waals surface area contributed by atoms with E-state index in [2.05, 4.69) is 47.1 Å². The van der Waals surface area contributed by atoms with Crippen molar-refractivity contribution < 1.29 is 4.79 Å². The van der Waals surface area contributed by atoms with Gasteiger partial charge in [0.15, 0.2) is 5.11 Å². The molecular formula is C17H17IN2OS. The van der Waals surface area contributed by atoms with Crippen molar-refractivity contribution in [3.63, 3.8) is 0 Å². The number of anilines is 1. The van der Waals surface area contributed by atoms with Crippen LogP contribution in [0.1, 0.15) is 16.7 Å². The Morgan fingerprint density at radius 1 is 1.14 bits per heavy atom. The van der Waals surface area contributed by atoms with Crippen molar-refractivity contribution >= 4 is 51.5 Å². The molecule has 0 aromatic heterocycles. The van der Waals surface area contributed by atoms with Crippen molar-refractivity contribution in [2.45, 2.75) is 20.3 Å². The topological polar surface area (TPSA) is 41.1 Å². The summed E-state index contributed by atoms with van der Waals surface area (Å²) in [6.07, 6.45) is 0.313. The predicted molar refractivity (Wildman–Crippen MR) is 103 cm³/mol. The molecule has 0 fully saturated rings. The summed E-state index contributed by atoms with van der Waals surface area (Å²) in [4.78, 5) is 12.0. The largest absolute Gasteiger partial charge is 0.332 e. The second kappa shape index (κ2) is 7.69. The molecule has 3 nitrogen and oxygen atoms in total. The molecule has 2 aromatic rings. The summed E-state index contributed by atoms with van der Waals surface area (Å²) in [5.41, 5.74) is 4.22. The van der Waals surface area contributed by atoms with Gasteiger partial charge in [-0.25, -0.2) is 0 Å². The van der Waals surface area contributed by atoms with Crippen molar-refractivity contribution in [3.05, 3.63) is 62.7 Å². The number of nitrogens with one attached hydrogen (secondary N) is 2. The number of amides is 1. The molecule has 5 heteroatoms. The maximum Gasteiger partial charge on any atom is 0.230 e. The molecule has 22 heavy (non-hydrogen) atoms. The molecule has 0 aliphatic rings. The molecule has 0 saturated carbocycles. The van der Waals surface area contributed by atoms with Gasteiger partial charge in [-0.3, -0.25) is 4.79 Å². The number of aryl methyl sites for hydroxylation is 2. The van der Waals surface area contributed by atoms with Crippen LogP contribution in [0.4, 0.5) is 5.69 Å². The highest BCUT2D eigenvalue weighted by Crippen LogP contribution is 2.21. The number of thiocarbonyl (C=S) groups is 1. The number of carbonyl (C=O) groups excluding carboxylic acids is 1. The first kappa shape index (κ1) is 16.9. The van der Waals surface area contributed by atoms with Crippen molar-refractivity contribution in [3.8, 4) is 0 Å². The number of rotatable bonds is 3. The Labute approximate surface area is 149 Å². The number of hydrogen-bond acceptors (Lipinski definition) is 2. The van der Waals surface area contributed by atoms with Crippen molar-refractivity contribution in [2.75, 3.05) is 5.32 Å². The lowest BCUT2D eigenvalue weighted by Gasteiger charge is -2.12. The summed E-state index contributed by atoms with van der Waals surface area (Å²) in [6, 6.07) is 13.6. The summed E-state index contributed by atoms with van der Waals surface area (Å²) in [5, 5.41) is 6.09. The lowest BCUT2D eigenvalue weighted by molar-refractivity contribution is -0.119. The zero-order valence-corrected chi connectivity index (χ0v) is 15.4. The van der Waals surface area contributed by atoms with Crippen molar-refractivity contribution in [2.24, 2.45) is 0 Å². The minimum absolute atomic E-state index is 0.123. The fraction of sp³-hybridized carbons (Fsp3) is 0.176. The van der Waals surface area contributed by atoms with E-state index in [1.54, 1.807) is 0 Å². The zero-order valence-electron chi connectivity index (χ0n) is 12.4. The summed E-state index contributed by atoms with van der Waals surface area (Å²) in [7, 11) is 0. The molecule has 0 radical (unpaired) electrons. The van der Waals surface area contributed by atoms with E-state index < -0.39 is 0 Å². The maximum absolute atomic E-state index is 12.0. The van der Waals surface area contributed by atoms with Gasteiger partial charge in [-0.05, 0) is 77.5 Å². The second-order valence-electron chi connectivity index (χ2n) is 5.09. The molecule has 2 rings (SSSR count). The first-order valence-corrected chi connectivity index (χ1v) is 8.36. The van der Waals surface area contributed by atoms with Gasteiger partial charge in [-0.15, -0.1) is 0 Å². The summed E-state index contributed by atoms with van der Waals surface area (Å²) in [5.74, 6) is -0.123. The second-order valence-corrected chi connectivity index (χ2v) is 6.58. The molecule has 2 aromatic carbocycles. The minimum Gasteiger partial charge on any atom is -0.332 e. The van der Waals surface area contributed by atoms with Gasteiger partial charge >= 0.3 is 0 Å². The van der Waals surface area contributed by atoms with Crippen molar-refractivity contribution in [1.82, 2.24) is 5.32 Å². The van der Waals surface area contributed by atoms with E-state index in [0.29, 0.717) is 11.5 Å². The SMILES string of the molecule is Cc1cc(NC(=S)NC(=O)Cc2ccccc2)cc(C)c1I. The highest BCUT2D eigenvalue weighted by Gasteiger charge is 2.07. The van der Waals surface area contributed by atoms with Gasteiger partial charge in [0.25, 0.3) is 0 Å². The third-order valence-corrected chi connectivity index (χ3v) is 5.06. The van der Waals surface area contributed by atoms with E-state index in [1.165, 1.54) is 14.7 Å². The number of benzene rings is 2. The van der Waals surface area contributed by atoms with Gasteiger partial charge in [0.05, 0.1) is 6.42 Å². The Balaban J connectivity index is 1.94. The molecule has 114 valence electrons. The molecule has 0 saturated heterocycles. The van der Waals surface area contributed by atoms with E-state index in [-0.39, 0.29) is 5.91 Å². The van der Waals surface area contributed by atoms with Crippen LogP contribution in [0.5, 0.6) is 0 Å². The Morgan fingerprint density at radius 3 is 2.32 bits per heavy atom. The Morgan fingerprint density at radius 2 is 1.73 bits per heavy atom. The first-order valence-electron chi connectivity index (χ1n) is 6.87. The molecule has 0 atom stereocenters. The van der Waals surface area contributed by atoms with E-state index in [0.717, 1.165) is 11.3 Å². The lowest BCUT2D eigenvalue weighted by Crippen LogP contribution is -2.35. The van der Waals surface area contributed by atoms with Crippen molar-refractivity contribution in [1.29, 1.82) is 0 Å². The summed E-state index contributed by atoms with van der Waals surface area (Å²) < 4.78 is 1.24. The molecule has 0 heterocycles. The van der Waals surface area contributed by atoms with Crippen LogP contribution in [-0.2, 0) is 11.2 Å². The molecule has 0 aliphatic heterocycles. The summed E-state index contributed by atoms with van der Waals surface area (Å²) >= 11 is 7.52. The molecule has 2 N–H and O–H groups in total. The van der Waals surface area contributed by atoms with Crippen LogP contribution in [-0.4, -0.2) is 11.0 Å². The Bertz CT molecular complexity index is 678. The van der Waals surface area contributed by atoms with Gasteiger partial charge in [0, 0.05) is 9.26 Å². The van der Waals surface area contributed by atoms with E-state index in [1.807, 2.05) is 42.5 Å². The highest BCUT2D eigenvalue weighted by atomic mass is 127. The minimum atomic E-state index is -0.123. The van der Waals surface area contributed by atoms with Crippen LogP contribution in [0.15, 0.2) is 42.5 Å². The maximum atomic E-state index is 12.0. The first-order chi connectivity index (χ1) is 10.5. The lowest BCUT2D eigenvalue weighted by atomic mass is 10.1. The van der Waals surface area contributed by atoms with Gasteiger partial charge in [-0.1, -0.05) is 30.3 Å². The predicted octanol–water partition coefficient (Wildman–Crippen LogP) is 3.96. The third-order valence-electron chi connectivity index (χ3n) is 3.15. The fourth-order valence-electron chi connectivity index (χ4n) is 2.13. The quantitative estimate of drug-likeness (QED) is 0.579. The monoisotopic (exact) mass is 424 g/mol. The highest BCUT2D eigenvalue weighted by molar-refractivity contribution is 14.1. The van der Waals surface area contributed by atoms with Gasteiger partial charge in [0.2, 0.25) is 5.91 Å². The third kappa shape index (κ3) is 4.78. The molecule has 0 spiro atoms. The standard InChI is InChI=1S/C17H17IN2OS/c1-11-8-14(9-12(2)16(11)18)19-17(22)20-15(21)10-13-6-4-3-5-7-13/h3-9H,10H2,1-2H3,(H2,19,20,21,22). The normalized spacial score (nSPS) is 10.1. The van der Waals surface area contributed by atoms with Crippen LogP contribution in [0.2, 0.25) is 0 Å². The van der Waals surface area contributed by atoms with Crippen LogP contribution < -0.4 is 10.6 Å². The van der Waals surface area contributed by atoms with Crippen LogP contribution in [0.3, 0.4) is 0 Å². The fourth-order valence-corrected chi connectivity index (χ4v) is 2.68. The van der Waals surface area contributed by atoms with Gasteiger partial charge in [-0.2, -0.15) is 0 Å². The van der Waals surface area contributed by atoms with Crippen LogP contribution in [0, 0.1) is 17.4 Å². The number of hydrogen-bond donors (Lipinski definition) is 2. The number of carbonyl (C=O) groups is 1. The molecule has 0 unspecified atom stereocenters. The van der Waals surface area contributed by atoms with E-state index in [9.17, 15) is 4.79 Å². The van der Waals surface area contributed by atoms with E-state index in [4.69, 9.17) is 12.2 Å². The van der Waals surface area contributed by atoms with Gasteiger partial charge in [0.1, 0.15) is 0 Å². The molecule has 1 amide bonds. The number of halogens is 1. The smallest absolute Gasteiger partial charge is 0.230 e. The average molecular weight is 424 g/mol. The Kier molecular flexibility index (Phi) is 5.90. The molecular weight excluding hydrogens is 407 g/mol. The van der Waals surface area contributed by atoms with E-state index >= 15 is 0 Å². The zero-order chi connectivity index (χ0) is 16.1. The average Bonchev–Trinajstić information content (AvgIpc) is 2.45. The molecule has 0 aliphatic carbocycles.